The van der Waals surface area contributed by atoms with E-state index in [0.717, 1.165) is 50.1 Å². The van der Waals surface area contributed by atoms with E-state index in [1.165, 1.54) is 36.9 Å². The highest BCUT2D eigenvalue weighted by Gasteiger charge is 2.37. The molecule has 5 nitrogen and oxygen atoms in total. The Morgan fingerprint density at radius 1 is 0.589 bits per heavy atom. The Kier molecular flexibility index (Phi) is 11.0. The molecule has 0 aliphatic heterocycles. The van der Waals surface area contributed by atoms with Crippen molar-refractivity contribution in [1.29, 1.82) is 0 Å². The molecule has 0 bridgehead atoms. The Morgan fingerprint density at radius 2 is 1.11 bits per heavy atom. The monoisotopic (exact) mass is 844 g/mol. The molecule has 0 aliphatic carbocycles. The molecule has 0 spiro atoms. The third-order valence-electron chi connectivity index (χ3n) is 9.10. The van der Waals surface area contributed by atoms with E-state index >= 15 is 0 Å². The van der Waals surface area contributed by atoms with Crippen LogP contribution >= 0.6 is 34.4 Å². The van der Waals surface area contributed by atoms with Gasteiger partial charge in [0.1, 0.15) is 0 Å². The van der Waals surface area contributed by atoms with Gasteiger partial charge in [-0.3, -0.25) is 9.59 Å². The topological polar surface area (TPSA) is 91.3 Å². The first-order valence-electron chi connectivity index (χ1n) is 17.0. The van der Waals surface area contributed by atoms with E-state index in [1.54, 1.807) is 34.4 Å². The zero-order valence-corrected chi connectivity index (χ0v) is 34.3. The maximum atomic E-state index is 13.8. The van der Waals surface area contributed by atoms with Gasteiger partial charge < -0.3 is 4.55 Å². The molecule has 0 N–H and O–H groups in total. The summed E-state index contributed by atoms with van der Waals surface area (Å²) >= 11 is 5.05. The van der Waals surface area contributed by atoms with Gasteiger partial charge in [-0.25, -0.2) is 8.42 Å². The molecule has 1 atom stereocenters. The largest absolute Gasteiger partial charge is 0.741 e. The molecular formula is C43H31F3O5S5. The molecule has 13 heteroatoms. The average Bonchev–Trinajstić information content (AvgIpc) is 3.15. The summed E-state index contributed by atoms with van der Waals surface area (Å²) in [6.07, 6.45) is 0. The molecule has 0 radical (unpaired) electrons. The number of alkyl halides is 3. The maximum Gasteiger partial charge on any atom is 0.485 e. The lowest BCUT2D eigenvalue weighted by atomic mass is 10.2. The van der Waals surface area contributed by atoms with Crippen LogP contribution in [0.2, 0.25) is 0 Å². The van der Waals surface area contributed by atoms with Gasteiger partial charge in [-0.05, 0) is 112 Å². The summed E-state index contributed by atoms with van der Waals surface area (Å²) in [5, 5.41) is 3.11. The fourth-order valence-corrected chi connectivity index (χ4v) is 12.0. The van der Waals surface area contributed by atoms with E-state index in [4.69, 9.17) is 13.0 Å². The lowest BCUT2D eigenvalue weighted by Gasteiger charge is -2.16. The van der Waals surface area contributed by atoms with Crippen LogP contribution in [0.15, 0.2) is 149 Å². The van der Waals surface area contributed by atoms with Gasteiger partial charge in [0.25, 0.3) is 0 Å². The predicted molar refractivity (Wildman–Crippen MR) is 225 cm³/mol. The quantitative estimate of drug-likeness (QED) is 0.0742. The van der Waals surface area contributed by atoms with Gasteiger partial charge in [0.05, 0.1) is 10.9 Å². The summed E-state index contributed by atoms with van der Waals surface area (Å²) in [6.45, 7) is 8.71. The van der Waals surface area contributed by atoms with E-state index in [-0.39, 0.29) is 10.9 Å². The van der Waals surface area contributed by atoms with Crippen LogP contribution in [0.3, 0.4) is 0 Å². The molecule has 6 aromatic carbocycles. The van der Waals surface area contributed by atoms with Gasteiger partial charge in [0, 0.05) is 67.3 Å². The van der Waals surface area contributed by atoms with Crippen molar-refractivity contribution >= 4 is 95.8 Å². The third kappa shape index (κ3) is 7.89. The number of halogens is 3. The third-order valence-corrected chi connectivity index (χ3v) is 15.6. The Labute approximate surface area is 335 Å². The highest BCUT2D eigenvalue weighted by atomic mass is 32.2. The Morgan fingerprint density at radius 3 is 1.70 bits per heavy atom. The molecule has 0 saturated heterocycles. The van der Waals surface area contributed by atoms with Crippen molar-refractivity contribution < 1.29 is 26.1 Å². The van der Waals surface area contributed by atoms with E-state index in [1.807, 2.05) is 48.5 Å². The first kappa shape index (κ1) is 39.7. The van der Waals surface area contributed by atoms with E-state index in [0.29, 0.717) is 0 Å². The van der Waals surface area contributed by atoms with Crippen molar-refractivity contribution in [2.75, 3.05) is 0 Å². The minimum atomic E-state index is -6.09. The molecule has 1 unspecified atom stereocenters. The smallest absolute Gasteiger partial charge is 0.485 e. The van der Waals surface area contributed by atoms with Crippen molar-refractivity contribution in [3.63, 3.8) is 0 Å². The second-order valence-electron chi connectivity index (χ2n) is 13.1. The molecule has 0 saturated carbocycles. The van der Waals surface area contributed by atoms with Gasteiger partial charge in [-0.2, -0.15) is 13.2 Å². The molecule has 8 aromatic rings. The van der Waals surface area contributed by atoms with Crippen molar-refractivity contribution in [2.45, 2.75) is 57.7 Å². The summed E-state index contributed by atoms with van der Waals surface area (Å²) in [6, 6.07) is 39.8. The van der Waals surface area contributed by atoms with Crippen LogP contribution in [0.4, 0.5) is 13.2 Å². The second-order valence-corrected chi connectivity index (χ2v) is 19.7. The van der Waals surface area contributed by atoms with Crippen LogP contribution < -0.4 is 10.9 Å². The minimum Gasteiger partial charge on any atom is -0.741 e. The van der Waals surface area contributed by atoms with Crippen molar-refractivity contribution in [2.24, 2.45) is 0 Å². The summed E-state index contributed by atoms with van der Waals surface area (Å²) in [5.41, 5.74) is -0.617. The molecular weight excluding hydrogens is 814 g/mol. The zero-order valence-electron chi connectivity index (χ0n) is 30.2. The number of benzene rings is 6. The number of fused-ring (bicyclic) bond motifs is 4. The predicted octanol–water partition coefficient (Wildman–Crippen LogP) is 11.7. The normalized spacial score (nSPS) is 12.6. The summed E-state index contributed by atoms with van der Waals surface area (Å²) in [7, 11) is -6.52. The van der Waals surface area contributed by atoms with Gasteiger partial charge in [-0.15, -0.1) is 22.7 Å². The van der Waals surface area contributed by atoms with Crippen LogP contribution in [0, 0.1) is 27.7 Å². The minimum absolute atomic E-state index is 0.0908. The number of aryl methyl sites for hydroxylation is 4. The van der Waals surface area contributed by atoms with Crippen molar-refractivity contribution in [3.05, 3.63) is 158 Å². The SMILES string of the molecule is Cc1ccc(C)c([S+](c2ccc3sc4ccccc4c(=O)c3c2)c2cc(C)c(Sc3ccc4sc5ccccc5c(=O)c4c3)cc2C)c1.O=S(=O)([O-])C(F)(F)F. The fraction of sp³-hybridized carbons (Fsp3) is 0.116. The van der Waals surface area contributed by atoms with E-state index in [2.05, 4.69) is 94.4 Å². The molecule has 2 aromatic heterocycles. The van der Waals surface area contributed by atoms with Gasteiger partial charge >= 0.3 is 5.51 Å². The maximum absolute atomic E-state index is 13.8. The number of hydrogen-bond donors (Lipinski definition) is 0. The van der Waals surface area contributed by atoms with Gasteiger partial charge in [0.15, 0.2) is 35.7 Å². The standard InChI is InChI=1S/C42H31O2S4.CHF3O3S/c1-24-13-14-25(2)39(19-24)48(29-16-18-37-33(23-29)42(44)31-10-6-8-12-35(31)47-37)40-21-26(3)38(20-27(40)4)45-28-15-17-36-32(22-28)41(43)30-9-5-7-11-34(30)46-36;2-1(3,4)8(5,6)7/h5-23H,1-4H3;(H,5,6,7)/q+1;/p-1. The first-order valence-corrected chi connectivity index (χ1v) is 22.1. The highest BCUT2D eigenvalue weighted by Crippen LogP contribution is 2.41. The van der Waals surface area contributed by atoms with Gasteiger partial charge in [-0.1, -0.05) is 48.2 Å². The highest BCUT2D eigenvalue weighted by molar-refractivity contribution is 7.99. The van der Waals surface area contributed by atoms with E-state index in [9.17, 15) is 22.8 Å². The molecule has 56 heavy (non-hydrogen) atoms. The molecule has 8 rings (SSSR count). The Hall–Kier alpha value is -4.50. The molecule has 0 amide bonds. The lowest BCUT2D eigenvalue weighted by molar-refractivity contribution is -0.0517. The van der Waals surface area contributed by atoms with E-state index < -0.39 is 26.5 Å². The Balaban J connectivity index is 0.000000544. The summed E-state index contributed by atoms with van der Waals surface area (Å²) in [4.78, 5) is 33.1. The average molecular weight is 845 g/mol. The van der Waals surface area contributed by atoms with Gasteiger partial charge in [0.2, 0.25) is 0 Å². The fourth-order valence-electron chi connectivity index (χ4n) is 6.27. The van der Waals surface area contributed by atoms with Crippen molar-refractivity contribution in [1.82, 2.24) is 0 Å². The second kappa shape index (κ2) is 15.4. The van der Waals surface area contributed by atoms with Crippen LogP contribution in [0.1, 0.15) is 22.3 Å². The molecule has 0 aliphatic rings. The molecule has 2 heterocycles. The van der Waals surface area contributed by atoms with Crippen LogP contribution in [-0.4, -0.2) is 18.5 Å². The van der Waals surface area contributed by atoms with Crippen LogP contribution in [0.5, 0.6) is 0 Å². The lowest BCUT2D eigenvalue weighted by Crippen LogP contribution is -2.21. The molecule has 284 valence electrons. The first-order chi connectivity index (χ1) is 26.5. The number of hydrogen-bond acceptors (Lipinski definition) is 8. The van der Waals surface area contributed by atoms with Crippen LogP contribution in [-0.2, 0) is 21.0 Å². The number of rotatable bonds is 5. The molecule has 0 fully saturated rings. The summed E-state index contributed by atoms with van der Waals surface area (Å²) < 4.78 is 63.0. The van der Waals surface area contributed by atoms with Crippen LogP contribution in [0.25, 0.3) is 40.3 Å². The van der Waals surface area contributed by atoms with Crippen molar-refractivity contribution in [3.8, 4) is 0 Å². The zero-order chi connectivity index (χ0) is 40.1. The Bertz CT molecular complexity index is 3080. The summed E-state index contributed by atoms with van der Waals surface area (Å²) in [5.74, 6) is 0.